The fraction of sp³-hybridized carbons (Fsp3) is 0.419. The first kappa shape index (κ1) is 27.3. The molecule has 1 unspecified atom stereocenters. The van der Waals surface area contributed by atoms with Gasteiger partial charge in [-0.3, -0.25) is 4.79 Å². The lowest BCUT2D eigenvalue weighted by Crippen LogP contribution is -2.38. The van der Waals surface area contributed by atoms with Crippen LogP contribution >= 0.6 is 0 Å². The van der Waals surface area contributed by atoms with E-state index >= 15 is 0 Å². The molecular weight excluding hydrogens is 482 g/mol. The third-order valence-corrected chi connectivity index (χ3v) is 6.97. The van der Waals surface area contributed by atoms with E-state index in [9.17, 15) is 9.59 Å². The molecule has 0 saturated heterocycles. The van der Waals surface area contributed by atoms with Gasteiger partial charge in [-0.1, -0.05) is 39.0 Å². The van der Waals surface area contributed by atoms with E-state index in [1.54, 1.807) is 14.2 Å². The zero-order chi connectivity index (χ0) is 27.4. The van der Waals surface area contributed by atoms with E-state index in [1.807, 2.05) is 56.3 Å². The second-order valence-electron chi connectivity index (χ2n) is 10.6. The molecule has 0 spiro atoms. The Kier molecular flexibility index (Phi) is 8.14. The van der Waals surface area contributed by atoms with Crippen molar-refractivity contribution in [2.24, 2.45) is 5.41 Å². The summed E-state index contributed by atoms with van der Waals surface area (Å²) in [7, 11) is 3.19. The molecule has 0 radical (unpaired) electrons. The van der Waals surface area contributed by atoms with Crippen LogP contribution in [0.15, 0.2) is 65.0 Å². The largest absolute Gasteiger partial charge is 0.497 e. The molecule has 7 heteroatoms. The van der Waals surface area contributed by atoms with Crippen LogP contribution in [0.3, 0.4) is 0 Å². The van der Waals surface area contributed by atoms with Gasteiger partial charge in [-0.2, -0.15) is 0 Å². The van der Waals surface area contributed by atoms with Crippen molar-refractivity contribution in [2.75, 3.05) is 20.8 Å². The summed E-state index contributed by atoms with van der Waals surface area (Å²) in [5, 5.41) is 3.38. The number of rotatable bonds is 9. The van der Waals surface area contributed by atoms with Crippen LogP contribution in [-0.2, 0) is 20.9 Å². The molecule has 2 aliphatic rings. The minimum Gasteiger partial charge on any atom is -0.497 e. The molecule has 38 heavy (non-hydrogen) atoms. The van der Waals surface area contributed by atoms with Crippen LogP contribution in [0.2, 0.25) is 0 Å². The number of allylic oxidation sites excluding steroid dienone is 3. The van der Waals surface area contributed by atoms with Crippen molar-refractivity contribution >= 4 is 11.8 Å². The lowest BCUT2D eigenvalue weighted by atomic mass is 9.68. The highest BCUT2D eigenvalue weighted by atomic mass is 16.5. The summed E-state index contributed by atoms with van der Waals surface area (Å²) >= 11 is 0. The van der Waals surface area contributed by atoms with Gasteiger partial charge in [-0.25, -0.2) is 4.79 Å². The highest BCUT2D eigenvalue weighted by Gasteiger charge is 2.43. The van der Waals surface area contributed by atoms with E-state index in [0.29, 0.717) is 47.8 Å². The molecule has 1 N–H and O–H groups in total. The molecule has 0 bridgehead atoms. The van der Waals surface area contributed by atoms with E-state index in [-0.39, 0.29) is 17.8 Å². The van der Waals surface area contributed by atoms with E-state index in [4.69, 9.17) is 18.9 Å². The van der Waals surface area contributed by atoms with Gasteiger partial charge in [-0.05, 0) is 60.6 Å². The van der Waals surface area contributed by atoms with Crippen LogP contribution in [0.4, 0.5) is 0 Å². The number of carbonyl (C=O) groups excluding carboxylic acids is 2. The van der Waals surface area contributed by atoms with Crippen molar-refractivity contribution < 1.29 is 28.5 Å². The van der Waals surface area contributed by atoms with Gasteiger partial charge in [0.2, 0.25) is 0 Å². The molecule has 1 atom stereocenters. The van der Waals surface area contributed by atoms with Crippen LogP contribution in [0.25, 0.3) is 0 Å². The molecule has 0 saturated carbocycles. The normalized spacial score (nSPS) is 18.5. The van der Waals surface area contributed by atoms with Gasteiger partial charge in [0.1, 0.15) is 12.4 Å². The molecule has 202 valence electrons. The minimum absolute atomic E-state index is 0.0342. The molecule has 4 rings (SSSR count). The van der Waals surface area contributed by atoms with E-state index in [0.717, 1.165) is 29.0 Å². The number of dihydropyridines is 1. The summed E-state index contributed by atoms with van der Waals surface area (Å²) in [6, 6.07) is 13.0. The summed E-state index contributed by atoms with van der Waals surface area (Å²) in [6.07, 6.45) is 1.99. The number of ketones is 1. The maximum atomic E-state index is 13.6. The van der Waals surface area contributed by atoms with Crippen molar-refractivity contribution in [3.8, 4) is 17.2 Å². The lowest BCUT2D eigenvalue weighted by Gasteiger charge is -2.39. The van der Waals surface area contributed by atoms with Gasteiger partial charge in [0.05, 0.1) is 26.4 Å². The number of hydrogen-bond donors (Lipinski definition) is 1. The number of methoxy groups -OCH3 is 2. The van der Waals surface area contributed by atoms with Gasteiger partial charge in [-0.15, -0.1) is 0 Å². The maximum absolute atomic E-state index is 13.6. The summed E-state index contributed by atoms with van der Waals surface area (Å²) < 4.78 is 22.5. The lowest BCUT2D eigenvalue weighted by molar-refractivity contribution is -0.140. The van der Waals surface area contributed by atoms with Crippen molar-refractivity contribution in [3.05, 3.63) is 76.1 Å². The zero-order valence-electron chi connectivity index (χ0n) is 23.1. The number of esters is 1. The van der Waals surface area contributed by atoms with Crippen LogP contribution in [0.5, 0.6) is 17.2 Å². The van der Waals surface area contributed by atoms with Gasteiger partial charge in [0.25, 0.3) is 0 Å². The van der Waals surface area contributed by atoms with Crippen LogP contribution in [0.1, 0.15) is 64.0 Å². The predicted octanol–water partition coefficient (Wildman–Crippen LogP) is 5.84. The fourth-order valence-corrected chi connectivity index (χ4v) is 5.18. The maximum Gasteiger partial charge on any atom is 0.337 e. The Labute approximate surface area is 224 Å². The summed E-state index contributed by atoms with van der Waals surface area (Å²) in [5.74, 6) is 0.906. The van der Waals surface area contributed by atoms with E-state index in [2.05, 4.69) is 19.2 Å². The second kappa shape index (κ2) is 11.3. The van der Waals surface area contributed by atoms with Crippen LogP contribution in [-0.4, -0.2) is 32.6 Å². The SMILES string of the molecule is CCCOc1ccc(C2C(C(=O)OCc3ccc(OC)cc3)=C(C)NC3=C2C(=O)CC(C)(C)C3)cc1OC. The first-order valence-corrected chi connectivity index (χ1v) is 13.0. The zero-order valence-corrected chi connectivity index (χ0v) is 23.1. The standard InChI is InChI=1S/C31H37NO6/c1-7-14-37-25-13-10-21(15-26(25)36-6)28-27(30(34)38-18-20-8-11-22(35-5)12-9-20)19(2)32-23-16-31(3,4)17-24(33)29(23)28/h8-13,15,28,32H,7,14,16-18H2,1-6H3. The van der Waals surface area contributed by atoms with Crippen LogP contribution in [0, 0.1) is 5.41 Å². The molecule has 1 aliphatic heterocycles. The van der Waals surface area contributed by atoms with Gasteiger partial charge >= 0.3 is 5.97 Å². The molecule has 7 nitrogen and oxygen atoms in total. The minimum atomic E-state index is -0.577. The molecule has 0 aromatic heterocycles. The van der Waals surface area contributed by atoms with Crippen molar-refractivity contribution in [3.63, 3.8) is 0 Å². The highest BCUT2D eigenvalue weighted by Crippen LogP contribution is 2.48. The molecule has 2 aromatic carbocycles. The molecule has 1 heterocycles. The fourth-order valence-electron chi connectivity index (χ4n) is 5.18. The Hall–Kier alpha value is -3.74. The van der Waals surface area contributed by atoms with Crippen molar-refractivity contribution in [1.29, 1.82) is 0 Å². The first-order chi connectivity index (χ1) is 18.2. The Morgan fingerprint density at radius 2 is 1.76 bits per heavy atom. The first-order valence-electron chi connectivity index (χ1n) is 13.0. The highest BCUT2D eigenvalue weighted by molar-refractivity contribution is 6.04. The number of carbonyl (C=O) groups is 2. The third-order valence-electron chi connectivity index (χ3n) is 6.97. The number of nitrogens with one attached hydrogen (secondary N) is 1. The topological polar surface area (TPSA) is 83.1 Å². The Bertz CT molecular complexity index is 1270. The number of hydrogen-bond acceptors (Lipinski definition) is 7. The average molecular weight is 520 g/mol. The van der Waals surface area contributed by atoms with E-state index in [1.165, 1.54) is 0 Å². The average Bonchev–Trinajstić information content (AvgIpc) is 2.89. The Morgan fingerprint density at radius 3 is 2.42 bits per heavy atom. The smallest absolute Gasteiger partial charge is 0.337 e. The summed E-state index contributed by atoms with van der Waals surface area (Å²) in [5.41, 5.74) is 4.05. The van der Waals surface area contributed by atoms with Crippen LogP contribution < -0.4 is 19.5 Å². The van der Waals surface area contributed by atoms with Gasteiger partial charge < -0.3 is 24.3 Å². The third kappa shape index (κ3) is 5.72. The summed E-state index contributed by atoms with van der Waals surface area (Å²) in [4.78, 5) is 27.2. The molecule has 1 aliphatic carbocycles. The predicted molar refractivity (Wildman–Crippen MR) is 145 cm³/mol. The quantitative estimate of drug-likeness (QED) is 0.417. The Morgan fingerprint density at radius 1 is 1.03 bits per heavy atom. The monoisotopic (exact) mass is 519 g/mol. The second-order valence-corrected chi connectivity index (χ2v) is 10.6. The van der Waals surface area contributed by atoms with E-state index < -0.39 is 11.9 Å². The van der Waals surface area contributed by atoms with Gasteiger partial charge in [0, 0.05) is 29.3 Å². The van der Waals surface area contributed by atoms with Crippen molar-refractivity contribution in [1.82, 2.24) is 5.32 Å². The summed E-state index contributed by atoms with van der Waals surface area (Å²) in [6.45, 7) is 8.75. The van der Waals surface area contributed by atoms with Crippen molar-refractivity contribution in [2.45, 2.75) is 59.5 Å². The number of benzene rings is 2. The Balaban J connectivity index is 1.72. The molecular formula is C31H37NO6. The number of ether oxygens (including phenoxy) is 4. The molecule has 0 fully saturated rings. The molecule has 2 aromatic rings. The number of Topliss-reactive ketones (excluding diaryl/α,β-unsaturated/α-hetero) is 1. The van der Waals surface area contributed by atoms with Gasteiger partial charge in [0.15, 0.2) is 17.3 Å². The molecule has 0 amide bonds.